The molecule has 0 aliphatic rings. The SMILES string of the molecule is C=CCN(c1ccc(C(=O)NN=C(CC)CC)cc1)S(=O)(=O)c1ccccc1. The minimum atomic E-state index is -3.74. The maximum Gasteiger partial charge on any atom is 0.271 e. The number of hydrazone groups is 1. The molecule has 0 saturated heterocycles. The quantitative estimate of drug-likeness (QED) is 0.394. The first-order valence-electron chi connectivity index (χ1n) is 9.08. The summed E-state index contributed by atoms with van der Waals surface area (Å²) in [6.45, 7) is 7.72. The number of anilines is 1. The van der Waals surface area contributed by atoms with Crippen molar-refractivity contribution in [1.82, 2.24) is 5.43 Å². The van der Waals surface area contributed by atoms with Crippen LogP contribution in [0.25, 0.3) is 0 Å². The molecule has 0 unspecified atom stereocenters. The molecular weight excluding hydrogens is 374 g/mol. The van der Waals surface area contributed by atoms with Crippen molar-refractivity contribution in [3.8, 4) is 0 Å². The molecule has 28 heavy (non-hydrogen) atoms. The third kappa shape index (κ3) is 5.07. The van der Waals surface area contributed by atoms with Crippen LogP contribution in [0.2, 0.25) is 0 Å². The average molecular weight is 400 g/mol. The molecule has 7 heteroatoms. The molecule has 2 aromatic carbocycles. The molecule has 1 amide bonds. The number of carbonyl (C=O) groups is 1. The summed E-state index contributed by atoms with van der Waals surface area (Å²) < 4.78 is 27.2. The molecule has 0 spiro atoms. The summed E-state index contributed by atoms with van der Waals surface area (Å²) in [7, 11) is -3.74. The van der Waals surface area contributed by atoms with E-state index in [2.05, 4.69) is 17.1 Å². The van der Waals surface area contributed by atoms with E-state index in [1.807, 2.05) is 13.8 Å². The lowest BCUT2D eigenvalue weighted by Gasteiger charge is -2.23. The van der Waals surface area contributed by atoms with Crippen LogP contribution in [-0.2, 0) is 10.0 Å². The number of rotatable bonds is 9. The summed E-state index contributed by atoms with van der Waals surface area (Å²) >= 11 is 0. The van der Waals surface area contributed by atoms with Gasteiger partial charge >= 0.3 is 0 Å². The minimum absolute atomic E-state index is 0.115. The lowest BCUT2D eigenvalue weighted by molar-refractivity contribution is 0.0954. The molecule has 148 valence electrons. The van der Waals surface area contributed by atoms with Crippen LogP contribution >= 0.6 is 0 Å². The van der Waals surface area contributed by atoms with Gasteiger partial charge in [-0.25, -0.2) is 13.8 Å². The van der Waals surface area contributed by atoms with Gasteiger partial charge in [-0.1, -0.05) is 38.1 Å². The number of sulfonamides is 1. The van der Waals surface area contributed by atoms with Gasteiger partial charge in [0.2, 0.25) is 0 Å². The molecule has 0 saturated carbocycles. The summed E-state index contributed by atoms with van der Waals surface area (Å²) in [5.74, 6) is -0.341. The Balaban J connectivity index is 2.27. The Morgan fingerprint density at radius 3 is 2.21 bits per heavy atom. The van der Waals surface area contributed by atoms with Crippen molar-refractivity contribution in [3.63, 3.8) is 0 Å². The van der Waals surface area contributed by atoms with Crippen molar-refractivity contribution < 1.29 is 13.2 Å². The highest BCUT2D eigenvalue weighted by Crippen LogP contribution is 2.24. The first-order valence-corrected chi connectivity index (χ1v) is 10.5. The Kier molecular flexibility index (Phi) is 7.52. The zero-order valence-electron chi connectivity index (χ0n) is 16.1. The van der Waals surface area contributed by atoms with Crippen LogP contribution in [-0.4, -0.2) is 26.6 Å². The van der Waals surface area contributed by atoms with Gasteiger partial charge in [0.15, 0.2) is 0 Å². The highest BCUT2D eigenvalue weighted by Gasteiger charge is 2.23. The molecule has 2 rings (SSSR count). The van der Waals surface area contributed by atoms with Gasteiger partial charge in [0.05, 0.1) is 17.1 Å². The summed E-state index contributed by atoms with van der Waals surface area (Å²) in [5, 5.41) is 4.10. The fourth-order valence-corrected chi connectivity index (χ4v) is 4.02. The van der Waals surface area contributed by atoms with E-state index in [0.29, 0.717) is 11.3 Å². The molecule has 0 aliphatic carbocycles. The van der Waals surface area contributed by atoms with Gasteiger partial charge in [-0.2, -0.15) is 5.10 Å². The van der Waals surface area contributed by atoms with Crippen molar-refractivity contribution in [1.29, 1.82) is 0 Å². The van der Waals surface area contributed by atoms with Crippen molar-refractivity contribution in [3.05, 3.63) is 72.8 Å². The third-order valence-electron chi connectivity index (χ3n) is 4.18. The number of benzene rings is 2. The first-order chi connectivity index (χ1) is 13.4. The molecule has 0 atom stereocenters. The Morgan fingerprint density at radius 2 is 1.68 bits per heavy atom. The first kappa shape index (κ1) is 21.4. The van der Waals surface area contributed by atoms with E-state index in [-0.39, 0.29) is 17.3 Å². The van der Waals surface area contributed by atoms with Crippen LogP contribution < -0.4 is 9.73 Å². The Hall–Kier alpha value is -2.93. The van der Waals surface area contributed by atoms with Crippen molar-refractivity contribution in [2.45, 2.75) is 31.6 Å². The second kappa shape index (κ2) is 9.85. The van der Waals surface area contributed by atoms with Crippen molar-refractivity contribution in [2.75, 3.05) is 10.8 Å². The molecule has 2 aromatic rings. The van der Waals surface area contributed by atoms with E-state index >= 15 is 0 Å². The number of amides is 1. The third-order valence-corrected chi connectivity index (χ3v) is 5.98. The predicted octanol–water partition coefficient (Wildman–Crippen LogP) is 3.97. The molecule has 0 aromatic heterocycles. The molecule has 0 fully saturated rings. The van der Waals surface area contributed by atoms with Crippen LogP contribution in [0.5, 0.6) is 0 Å². The number of carbonyl (C=O) groups excluding carboxylic acids is 1. The topological polar surface area (TPSA) is 78.8 Å². The second-order valence-electron chi connectivity index (χ2n) is 6.01. The number of nitrogens with zero attached hydrogens (tertiary/aromatic N) is 2. The predicted molar refractivity (Wildman–Crippen MR) is 113 cm³/mol. The van der Waals surface area contributed by atoms with Crippen LogP contribution in [0, 0.1) is 0 Å². The zero-order chi connectivity index (χ0) is 20.6. The fourth-order valence-electron chi connectivity index (χ4n) is 2.56. The summed E-state index contributed by atoms with van der Waals surface area (Å²) in [6.07, 6.45) is 3.06. The Morgan fingerprint density at radius 1 is 1.07 bits per heavy atom. The monoisotopic (exact) mass is 399 g/mol. The van der Waals surface area contributed by atoms with E-state index in [4.69, 9.17) is 0 Å². The maximum absolute atomic E-state index is 13.0. The minimum Gasteiger partial charge on any atom is -0.267 e. The highest BCUT2D eigenvalue weighted by atomic mass is 32.2. The Labute approximate surface area is 166 Å². The fraction of sp³-hybridized carbons (Fsp3) is 0.238. The van der Waals surface area contributed by atoms with E-state index in [0.717, 1.165) is 18.6 Å². The zero-order valence-corrected chi connectivity index (χ0v) is 16.9. The maximum atomic E-state index is 13.0. The van der Waals surface area contributed by atoms with Gasteiger partial charge in [-0.05, 0) is 49.2 Å². The number of nitrogens with one attached hydrogen (secondary N) is 1. The van der Waals surface area contributed by atoms with Gasteiger partial charge in [-0.3, -0.25) is 9.10 Å². The van der Waals surface area contributed by atoms with E-state index in [1.165, 1.54) is 10.4 Å². The lowest BCUT2D eigenvalue weighted by atomic mass is 10.2. The molecule has 6 nitrogen and oxygen atoms in total. The molecular formula is C21H25N3O3S. The lowest BCUT2D eigenvalue weighted by Crippen LogP contribution is -2.31. The second-order valence-corrected chi connectivity index (χ2v) is 7.87. The summed E-state index contributed by atoms with van der Waals surface area (Å²) in [6, 6.07) is 14.6. The highest BCUT2D eigenvalue weighted by molar-refractivity contribution is 7.92. The van der Waals surface area contributed by atoms with Crippen molar-refractivity contribution in [2.24, 2.45) is 5.10 Å². The number of hydrogen-bond donors (Lipinski definition) is 1. The van der Waals surface area contributed by atoms with Gasteiger partial charge in [-0.15, -0.1) is 6.58 Å². The van der Waals surface area contributed by atoms with Crippen LogP contribution in [0.4, 0.5) is 5.69 Å². The smallest absolute Gasteiger partial charge is 0.267 e. The van der Waals surface area contributed by atoms with Gasteiger partial charge in [0, 0.05) is 11.3 Å². The molecule has 0 radical (unpaired) electrons. The van der Waals surface area contributed by atoms with Gasteiger partial charge in [0.25, 0.3) is 15.9 Å². The largest absolute Gasteiger partial charge is 0.271 e. The van der Waals surface area contributed by atoms with E-state index in [1.54, 1.807) is 54.6 Å². The average Bonchev–Trinajstić information content (AvgIpc) is 2.73. The molecule has 0 aliphatic heterocycles. The van der Waals surface area contributed by atoms with Gasteiger partial charge in [0.1, 0.15) is 0 Å². The van der Waals surface area contributed by atoms with Gasteiger partial charge < -0.3 is 0 Å². The normalized spacial score (nSPS) is 10.8. The standard InChI is InChI=1S/C21H25N3O3S/c1-4-16-24(28(26,27)20-10-8-7-9-11-20)19-14-12-17(13-15-19)21(25)23-22-18(5-2)6-3/h4,7-15H,1,5-6,16H2,2-3H3,(H,23,25). The number of hydrogen-bond acceptors (Lipinski definition) is 4. The van der Waals surface area contributed by atoms with E-state index < -0.39 is 10.0 Å². The van der Waals surface area contributed by atoms with Crippen molar-refractivity contribution >= 4 is 27.3 Å². The van der Waals surface area contributed by atoms with Crippen LogP contribution in [0.15, 0.2) is 77.2 Å². The molecule has 0 bridgehead atoms. The molecule has 1 N–H and O–H groups in total. The summed E-state index contributed by atoms with van der Waals surface area (Å²) in [4.78, 5) is 12.4. The van der Waals surface area contributed by atoms with Crippen LogP contribution in [0.1, 0.15) is 37.0 Å². The van der Waals surface area contributed by atoms with Crippen LogP contribution in [0.3, 0.4) is 0 Å². The van der Waals surface area contributed by atoms with E-state index in [9.17, 15) is 13.2 Å². The molecule has 0 heterocycles. The Bertz CT molecular complexity index is 931. The summed E-state index contributed by atoms with van der Waals surface area (Å²) in [5.41, 5.74) is 4.28.